The lowest BCUT2D eigenvalue weighted by Gasteiger charge is -2.20. The van der Waals surface area contributed by atoms with Crippen LogP contribution >= 0.6 is 11.3 Å². The Morgan fingerprint density at radius 2 is 1.68 bits per heavy atom. The molecule has 1 aromatic heterocycles. The number of hydrogen-bond donors (Lipinski definition) is 1. The SMILES string of the molecule is CC(C)c1cccc(C(C)C)c1NC(=O)COC(=O)CCCc1nc2ccccc2s1. The van der Waals surface area contributed by atoms with Gasteiger partial charge in [-0.3, -0.25) is 9.59 Å². The van der Waals surface area contributed by atoms with E-state index in [1.807, 2.05) is 42.5 Å². The van der Waals surface area contributed by atoms with Crippen LogP contribution in [0.1, 0.15) is 68.5 Å². The van der Waals surface area contributed by atoms with Crippen LogP contribution in [0.25, 0.3) is 10.2 Å². The maximum atomic E-state index is 12.5. The molecule has 6 heteroatoms. The van der Waals surface area contributed by atoms with Gasteiger partial charge in [0.1, 0.15) is 0 Å². The van der Waals surface area contributed by atoms with Crippen LogP contribution in [0.2, 0.25) is 0 Å². The molecule has 0 spiro atoms. The lowest BCUT2D eigenvalue weighted by molar-refractivity contribution is -0.147. The topological polar surface area (TPSA) is 68.3 Å². The van der Waals surface area contributed by atoms with E-state index in [4.69, 9.17) is 4.74 Å². The highest BCUT2D eigenvalue weighted by atomic mass is 32.1. The van der Waals surface area contributed by atoms with Gasteiger partial charge in [0.05, 0.1) is 15.2 Å². The number of thiazole rings is 1. The number of nitrogens with one attached hydrogen (secondary N) is 1. The number of aromatic nitrogens is 1. The fraction of sp³-hybridized carbons (Fsp3) is 0.400. The minimum Gasteiger partial charge on any atom is -0.456 e. The second kappa shape index (κ2) is 10.5. The summed E-state index contributed by atoms with van der Waals surface area (Å²) < 4.78 is 6.36. The zero-order valence-electron chi connectivity index (χ0n) is 18.6. The van der Waals surface area contributed by atoms with Gasteiger partial charge in [0, 0.05) is 12.1 Å². The highest BCUT2D eigenvalue weighted by molar-refractivity contribution is 7.18. The van der Waals surface area contributed by atoms with Gasteiger partial charge in [-0.1, -0.05) is 58.0 Å². The lowest BCUT2D eigenvalue weighted by atomic mass is 9.92. The number of fused-ring (bicyclic) bond motifs is 1. The summed E-state index contributed by atoms with van der Waals surface area (Å²) in [6.45, 7) is 8.12. The van der Waals surface area contributed by atoms with E-state index < -0.39 is 0 Å². The minimum absolute atomic E-state index is 0.267. The molecule has 0 aliphatic rings. The first-order valence-corrected chi connectivity index (χ1v) is 11.6. The second-order valence-electron chi connectivity index (χ2n) is 8.26. The number of nitrogens with zero attached hydrogens (tertiary/aromatic N) is 1. The molecule has 0 aliphatic heterocycles. The number of benzene rings is 2. The summed E-state index contributed by atoms with van der Waals surface area (Å²) in [5.41, 5.74) is 4.00. The van der Waals surface area contributed by atoms with Gasteiger partial charge < -0.3 is 10.1 Å². The van der Waals surface area contributed by atoms with Gasteiger partial charge in [-0.05, 0) is 47.9 Å². The number of carbonyl (C=O) groups is 2. The van der Waals surface area contributed by atoms with Crippen molar-refractivity contribution in [2.24, 2.45) is 0 Å². The smallest absolute Gasteiger partial charge is 0.306 e. The van der Waals surface area contributed by atoms with Gasteiger partial charge in [-0.25, -0.2) is 4.98 Å². The lowest BCUT2D eigenvalue weighted by Crippen LogP contribution is -2.22. The first-order valence-electron chi connectivity index (χ1n) is 10.8. The largest absolute Gasteiger partial charge is 0.456 e. The molecule has 1 heterocycles. The fourth-order valence-corrected chi connectivity index (χ4v) is 4.51. The van der Waals surface area contributed by atoms with Crippen molar-refractivity contribution in [1.29, 1.82) is 0 Å². The van der Waals surface area contributed by atoms with E-state index in [9.17, 15) is 9.59 Å². The van der Waals surface area contributed by atoms with E-state index in [1.165, 1.54) is 0 Å². The first-order chi connectivity index (χ1) is 14.8. The maximum absolute atomic E-state index is 12.5. The van der Waals surface area contributed by atoms with Gasteiger partial charge in [0.15, 0.2) is 6.61 Å². The van der Waals surface area contributed by atoms with Gasteiger partial charge in [-0.2, -0.15) is 0 Å². The summed E-state index contributed by atoms with van der Waals surface area (Å²) in [4.78, 5) is 29.1. The third-order valence-corrected chi connectivity index (χ3v) is 6.21. The number of para-hydroxylation sites is 2. The third kappa shape index (κ3) is 6.14. The molecule has 0 saturated heterocycles. The molecule has 164 valence electrons. The summed E-state index contributed by atoms with van der Waals surface area (Å²) in [5, 5.41) is 3.98. The van der Waals surface area contributed by atoms with Crippen LogP contribution in [0.15, 0.2) is 42.5 Å². The molecule has 0 unspecified atom stereocenters. The highest BCUT2D eigenvalue weighted by Gasteiger charge is 2.17. The number of rotatable bonds is 9. The number of amides is 1. The van der Waals surface area contributed by atoms with Gasteiger partial charge in [0.2, 0.25) is 0 Å². The second-order valence-corrected chi connectivity index (χ2v) is 9.37. The molecule has 1 amide bonds. The Labute approximate surface area is 187 Å². The number of aryl methyl sites for hydroxylation is 1. The van der Waals surface area contributed by atoms with E-state index in [0.717, 1.165) is 38.5 Å². The van der Waals surface area contributed by atoms with Crippen LogP contribution in [-0.4, -0.2) is 23.5 Å². The quantitative estimate of drug-likeness (QED) is 0.413. The van der Waals surface area contributed by atoms with E-state index >= 15 is 0 Å². The maximum Gasteiger partial charge on any atom is 0.306 e. The Bertz CT molecular complexity index is 997. The summed E-state index contributed by atoms with van der Waals surface area (Å²) in [6.07, 6.45) is 1.64. The highest BCUT2D eigenvalue weighted by Crippen LogP contribution is 2.32. The van der Waals surface area contributed by atoms with Crippen LogP contribution < -0.4 is 5.32 Å². The Morgan fingerprint density at radius 1 is 1.00 bits per heavy atom. The standard InChI is InChI=1S/C25H30N2O3S/c1-16(2)18-9-7-10-19(17(3)4)25(18)27-22(28)15-30-24(29)14-8-13-23-26-20-11-5-6-12-21(20)31-23/h5-7,9-12,16-17H,8,13-15H2,1-4H3,(H,27,28). The molecule has 0 fully saturated rings. The van der Waals surface area contributed by atoms with Crippen molar-refractivity contribution in [3.8, 4) is 0 Å². The van der Waals surface area contributed by atoms with E-state index in [0.29, 0.717) is 6.42 Å². The summed E-state index contributed by atoms with van der Waals surface area (Å²) in [6, 6.07) is 14.1. The van der Waals surface area contributed by atoms with E-state index in [1.54, 1.807) is 11.3 Å². The third-order valence-electron chi connectivity index (χ3n) is 5.11. The molecule has 2 aromatic carbocycles. The monoisotopic (exact) mass is 438 g/mol. The predicted molar refractivity (Wildman–Crippen MR) is 127 cm³/mol. The van der Waals surface area contributed by atoms with E-state index in [2.05, 4.69) is 38.0 Å². The molecular formula is C25H30N2O3S. The Hall–Kier alpha value is -2.73. The van der Waals surface area contributed by atoms with Crippen molar-refractivity contribution in [3.63, 3.8) is 0 Å². The predicted octanol–water partition coefficient (Wildman–Crippen LogP) is 6.05. The van der Waals surface area contributed by atoms with Crippen LogP contribution in [0.4, 0.5) is 5.69 Å². The average molecular weight is 439 g/mol. The van der Waals surface area contributed by atoms with Gasteiger partial charge >= 0.3 is 5.97 Å². The van der Waals surface area contributed by atoms with Crippen molar-refractivity contribution in [3.05, 3.63) is 58.6 Å². The van der Waals surface area contributed by atoms with Crippen molar-refractivity contribution in [2.45, 2.75) is 58.8 Å². The van der Waals surface area contributed by atoms with Crippen molar-refractivity contribution in [2.75, 3.05) is 11.9 Å². The number of anilines is 1. The summed E-state index contributed by atoms with van der Waals surface area (Å²) in [7, 11) is 0. The van der Waals surface area contributed by atoms with E-state index in [-0.39, 0.29) is 36.7 Å². The molecule has 0 bridgehead atoms. The molecule has 31 heavy (non-hydrogen) atoms. The van der Waals surface area contributed by atoms with Crippen LogP contribution in [0, 0.1) is 0 Å². The number of hydrogen-bond acceptors (Lipinski definition) is 5. The van der Waals surface area contributed by atoms with Crippen molar-refractivity contribution >= 4 is 39.1 Å². The molecule has 5 nitrogen and oxygen atoms in total. The summed E-state index contributed by atoms with van der Waals surface area (Å²) in [5.74, 6) is -0.120. The Kier molecular flexibility index (Phi) is 7.80. The first kappa shape index (κ1) is 22.9. The van der Waals surface area contributed by atoms with Gasteiger partial charge in [-0.15, -0.1) is 11.3 Å². The zero-order valence-corrected chi connectivity index (χ0v) is 19.4. The van der Waals surface area contributed by atoms with Crippen LogP contribution in [0.3, 0.4) is 0 Å². The molecule has 0 aliphatic carbocycles. The number of carbonyl (C=O) groups excluding carboxylic acids is 2. The Balaban J connectivity index is 1.49. The summed E-state index contributed by atoms with van der Waals surface area (Å²) >= 11 is 1.65. The van der Waals surface area contributed by atoms with Crippen LogP contribution in [0.5, 0.6) is 0 Å². The molecule has 0 saturated carbocycles. The fourth-order valence-electron chi connectivity index (χ4n) is 3.50. The van der Waals surface area contributed by atoms with Crippen LogP contribution in [-0.2, 0) is 20.7 Å². The Morgan fingerprint density at radius 3 is 2.32 bits per heavy atom. The van der Waals surface area contributed by atoms with Crippen molar-refractivity contribution in [1.82, 2.24) is 4.98 Å². The minimum atomic E-state index is -0.363. The molecule has 0 radical (unpaired) electrons. The normalized spacial score (nSPS) is 11.3. The molecule has 1 N–H and O–H groups in total. The molecular weight excluding hydrogens is 408 g/mol. The number of esters is 1. The molecule has 3 rings (SSSR count). The molecule has 3 aromatic rings. The average Bonchev–Trinajstić information content (AvgIpc) is 3.15. The van der Waals surface area contributed by atoms with Crippen molar-refractivity contribution < 1.29 is 14.3 Å². The van der Waals surface area contributed by atoms with Gasteiger partial charge in [0.25, 0.3) is 5.91 Å². The number of ether oxygens (including phenoxy) is 1. The zero-order chi connectivity index (χ0) is 22.4. The molecule has 0 atom stereocenters.